The van der Waals surface area contributed by atoms with Gasteiger partial charge in [-0.1, -0.05) is 12.1 Å². The molecule has 1 aliphatic rings. The van der Waals surface area contributed by atoms with Crippen molar-refractivity contribution in [1.29, 1.82) is 5.26 Å². The summed E-state index contributed by atoms with van der Waals surface area (Å²) in [5.74, 6) is 0.774. The lowest BCUT2D eigenvalue weighted by Crippen LogP contribution is -2.37. The first-order valence-electron chi connectivity index (χ1n) is 9.39. The van der Waals surface area contributed by atoms with Crippen LogP contribution in [0.25, 0.3) is 11.3 Å². The summed E-state index contributed by atoms with van der Waals surface area (Å²) in [5.41, 5.74) is 3.86. The van der Waals surface area contributed by atoms with Crippen LogP contribution in [0.1, 0.15) is 19.4 Å². The third-order valence-electron chi connectivity index (χ3n) is 4.90. The Hall–Kier alpha value is -2.23. The molecule has 6 heteroatoms. The van der Waals surface area contributed by atoms with Crippen molar-refractivity contribution in [3.63, 3.8) is 0 Å². The summed E-state index contributed by atoms with van der Waals surface area (Å²) in [4.78, 5) is 10.3. The van der Waals surface area contributed by atoms with Crippen LogP contribution >= 0.6 is 11.8 Å². The van der Waals surface area contributed by atoms with E-state index < -0.39 is 0 Å². The van der Waals surface area contributed by atoms with Crippen LogP contribution in [0.3, 0.4) is 0 Å². The van der Waals surface area contributed by atoms with E-state index in [2.05, 4.69) is 54.0 Å². The molecule has 0 spiro atoms. The van der Waals surface area contributed by atoms with E-state index in [1.54, 1.807) is 11.8 Å². The fraction of sp³-hybridized carbons (Fsp3) is 0.429. The van der Waals surface area contributed by atoms with E-state index in [0.29, 0.717) is 18.8 Å². The highest BCUT2D eigenvalue weighted by Crippen LogP contribution is 2.33. The molecule has 0 atom stereocenters. The molecule has 0 unspecified atom stereocenters. The highest BCUT2D eigenvalue weighted by molar-refractivity contribution is 7.98. The number of thioether (sulfide) groups is 1. The number of benzene rings is 1. The maximum atomic E-state index is 9.71. The van der Waals surface area contributed by atoms with Gasteiger partial charge in [0.05, 0.1) is 18.9 Å². The van der Waals surface area contributed by atoms with Crippen LogP contribution in [-0.4, -0.2) is 50.6 Å². The number of pyridine rings is 1. The molecule has 2 aromatic rings. The molecule has 1 aliphatic heterocycles. The van der Waals surface area contributed by atoms with Gasteiger partial charge in [0.2, 0.25) is 0 Å². The smallest absolute Gasteiger partial charge is 0.148 e. The molecular weight excluding hydrogens is 356 g/mol. The van der Waals surface area contributed by atoms with Crippen LogP contribution < -0.4 is 9.80 Å². The molecule has 0 radical (unpaired) electrons. The Kier molecular flexibility index (Phi) is 6.59. The number of hydrogen-bond acceptors (Lipinski definition) is 6. The molecule has 1 aromatic carbocycles. The number of nitrogens with zero attached hydrogens (tertiary/aromatic N) is 4. The molecule has 3 rings (SSSR count). The van der Waals surface area contributed by atoms with Gasteiger partial charge in [-0.05, 0) is 38.3 Å². The minimum Gasteiger partial charge on any atom is -0.378 e. The van der Waals surface area contributed by atoms with Crippen molar-refractivity contribution in [3.05, 3.63) is 35.9 Å². The van der Waals surface area contributed by atoms with Gasteiger partial charge in [-0.25, -0.2) is 4.98 Å². The average molecular weight is 383 g/mol. The summed E-state index contributed by atoms with van der Waals surface area (Å²) < 4.78 is 5.46. The fourth-order valence-electron chi connectivity index (χ4n) is 3.36. The van der Waals surface area contributed by atoms with Crippen LogP contribution in [0, 0.1) is 11.3 Å². The summed E-state index contributed by atoms with van der Waals surface area (Å²) in [6, 6.07) is 12.9. The monoisotopic (exact) mass is 382 g/mol. The molecule has 27 heavy (non-hydrogen) atoms. The van der Waals surface area contributed by atoms with Gasteiger partial charge in [-0.15, -0.1) is 11.8 Å². The van der Waals surface area contributed by atoms with Crippen molar-refractivity contribution in [3.8, 4) is 17.3 Å². The number of aromatic nitrogens is 1. The molecular formula is C21H26N4OS. The number of ether oxygens (including phenoxy) is 1. The second-order valence-electron chi connectivity index (χ2n) is 6.34. The zero-order valence-electron chi connectivity index (χ0n) is 16.2. The van der Waals surface area contributed by atoms with E-state index in [1.807, 2.05) is 12.3 Å². The first-order valence-corrected chi connectivity index (χ1v) is 10.6. The summed E-state index contributed by atoms with van der Waals surface area (Å²) in [5, 5.41) is 9.71. The average Bonchev–Trinajstić information content (AvgIpc) is 2.74. The minimum absolute atomic E-state index is 0.660. The Morgan fingerprint density at radius 3 is 2.41 bits per heavy atom. The van der Waals surface area contributed by atoms with Gasteiger partial charge in [0.15, 0.2) is 0 Å². The molecule has 2 heterocycles. The summed E-state index contributed by atoms with van der Waals surface area (Å²) >= 11 is 1.59. The molecule has 1 saturated heterocycles. The second-order valence-corrected chi connectivity index (χ2v) is 7.19. The van der Waals surface area contributed by atoms with Crippen molar-refractivity contribution in [2.24, 2.45) is 0 Å². The molecule has 142 valence electrons. The van der Waals surface area contributed by atoms with Crippen LogP contribution in [0.2, 0.25) is 0 Å². The third-order valence-corrected chi connectivity index (χ3v) is 5.66. The van der Waals surface area contributed by atoms with E-state index in [-0.39, 0.29) is 0 Å². The molecule has 0 amide bonds. The van der Waals surface area contributed by atoms with Gasteiger partial charge < -0.3 is 14.5 Å². The summed E-state index contributed by atoms with van der Waals surface area (Å²) in [6.45, 7) is 9.18. The zero-order valence-corrected chi connectivity index (χ0v) is 17.1. The highest BCUT2D eigenvalue weighted by atomic mass is 32.2. The number of hydrogen-bond donors (Lipinski definition) is 0. The van der Waals surface area contributed by atoms with Crippen LogP contribution in [0.4, 0.5) is 11.5 Å². The number of morpholine rings is 1. The Labute approximate surface area is 166 Å². The highest BCUT2D eigenvalue weighted by Gasteiger charge is 2.20. The SMILES string of the molecule is CCN(CC)c1ccc(-c2cc(SC)c(C#N)c(N3CCOCC3)n2)cc1. The van der Waals surface area contributed by atoms with E-state index >= 15 is 0 Å². The molecule has 0 saturated carbocycles. The maximum Gasteiger partial charge on any atom is 0.148 e. The molecule has 0 bridgehead atoms. The Balaban J connectivity index is 2.01. The Morgan fingerprint density at radius 2 is 1.85 bits per heavy atom. The lowest BCUT2D eigenvalue weighted by Gasteiger charge is -2.29. The Bertz CT molecular complexity index is 806. The molecule has 0 aliphatic carbocycles. The van der Waals surface area contributed by atoms with Gasteiger partial charge in [-0.3, -0.25) is 0 Å². The summed E-state index contributed by atoms with van der Waals surface area (Å²) in [6.07, 6.45) is 2.01. The summed E-state index contributed by atoms with van der Waals surface area (Å²) in [7, 11) is 0. The van der Waals surface area contributed by atoms with Crippen molar-refractivity contribution in [1.82, 2.24) is 4.98 Å². The van der Waals surface area contributed by atoms with Gasteiger partial charge >= 0.3 is 0 Å². The second kappa shape index (κ2) is 9.12. The van der Waals surface area contributed by atoms with Crippen LogP contribution in [0.15, 0.2) is 35.2 Å². The predicted molar refractivity (Wildman–Crippen MR) is 113 cm³/mol. The van der Waals surface area contributed by atoms with Crippen molar-refractivity contribution in [2.45, 2.75) is 18.7 Å². The topological polar surface area (TPSA) is 52.4 Å². The number of nitriles is 1. The molecule has 1 aromatic heterocycles. The number of rotatable bonds is 6. The van der Waals surface area contributed by atoms with Crippen molar-refractivity contribution >= 4 is 23.3 Å². The lowest BCUT2D eigenvalue weighted by molar-refractivity contribution is 0.122. The first kappa shape index (κ1) is 19.5. The van der Waals surface area contributed by atoms with E-state index in [9.17, 15) is 5.26 Å². The lowest BCUT2D eigenvalue weighted by atomic mass is 10.1. The predicted octanol–water partition coefficient (Wildman–Crippen LogP) is 4.02. The van der Waals surface area contributed by atoms with E-state index in [0.717, 1.165) is 48.1 Å². The zero-order chi connectivity index (χ0) is 19.2. The molecule has 5 nitrogen and oxygen atoms in total. The standard InChI is InChI=1S/C21H26N4OS/c1-4-24(5-2)17-8-6-16(7-9-17)19-14-20(27-3)18(15-22)21(23-19)25-10-12-26-13-11-25/h6-9,14H,4-5,10-13H2,1-3H3. The quantitative estimate of drug-likeness (QED) is 0.703. The molecule has 1 fully saturated rings. The van der Waals surface area contributed by atoms with Crippen LogP contribution in [-0.2, 0) is 4.74 Å². The number of anilines is 2. The minimum atomic E-state index is 0.660. The van der Waals surface area contributed by atoms with Gasteiger partial charge in [-0.2, -0.15) is 5.26 Å². The van der Waals surface area contributed by atoms with Crippen molar-refractivity contribution in [2.75, 3.05) is 55.4 Å². The van der Waals surface area contributed by atoms with Gasteiger partial charge in [0.1, 0.15) is 17.5 Å². The normalized spacial score (nSPS) is 14.1. The van der Waals surface area contributed by atoms with Crippen molar-refractivity contribution < 1.29 is 4.74 Å². The van der Waals surface area contributed by atoms with Gasteiger partial charge in [0.25, 0.3) is 0 Å². The van der Waals surface area contributed by atoms with Gasteiger partial charge in [0, 0.05) is 42.3 Å². The maximum absolute atomic E-state index is 9.71. The third kappa shape index (κ3) is 4.20. The van der Waals surface area contributed by atoms with E-state index in [4.69, 9.17) is 9.72 Å². The van der Waals surface area contributed by atoms with Crippen LogP contribution in [0.5, 0.6) is 0 Å². The first-order chi connectivity index (χ1) is 13.2. The Morgan fingerprint density at radius 1 is 1.19 bits per heavy atom. The van der Waals surface area contributed by atoms with E-state index in [1.165, 1.54) is 5.69 Å². The fourth-order valence-corrected chi connectivity index (χ4v) is 3.93. The molecule has 0 N–H and O–H groups in total. The largest absolute Gasteiger partial charge is 0.378 e.